The Morgan fingerprint density at radius 1 is 1.04 bits per heavy atom. The van der Waals surface area contributed by atoms with Crippen LogP contribution in [0, 0.1) is 17.8 Å². The van der Waals surface area contributed by atoms with Gasteiger partial charge in [0.05, 0.1) is 13.7 Å². The van der Waals surface area contributed by atoms with Crippen molar-refractivity contribution in [2.45, 2.75) is 19.4 Å². The van der Waals surface area contributed by atoms with Gasteiger partial charge < -0.3 is 14.5 Å². The van der Waals surface area contributed by atoms with Crippen LogP contribution >= 0.6 is 0 Å². The molecule has 0 amide bonds. The molecule has 2 aliphatic carbocycles. The quantitative estimate of drug-likeness (QED) is 0.743. The molecule has 0 spiro atoms. The summed E-state index contributed by atoms with van der Waals surface area (Å²) in [5.41, 5.74) is 1.40. The van der Waals surface area contributed by atoms with Gasteiger partial charge in [-0.15, -0.1) is 0 Å². The molecule has 124 valence electrons. The van der Waals surface area contributed by atoms with Crippen LogP contribution < -0.4 is 14.5 Å². The van der Waals surface area contributed by atoms with E-state index in [1.54, 1.807) is 12.0 Å². The molecule has 1 saturated carbocycles. The van der Waals surface area contributed by atoms with Gasteiger partial charge >= 0.3 is 0 Å². The highest BCUT2D eigenvalue weighted by atomic mass is 16.5. The first-order chi connectivity index (χ1) is 11.3. The van der Waals surface area contributed by atoms with Crippen LogP contribution in [0.3, 0.4) is 0 Å². The Hall–Kier alpha value is -1.32. The van der Waals surface area contributed by atoms with E-state index in [1.807, 2.05) is 11.0 Å². The highest BCUT2D eigenvalue weighted by molar-refractivity contribution is 5.27. The predicted octanol–water partition coefficient (Wildman–Crippen LogP) is 0.191. The summed E-state index contributed by atoms with van der Waals surface area (Å²) in [6.07, 6.45) is 7.88. The summed E-state index contributed by atoms with van der Waals surface area (Å²) in [7, 11) is 1.75. The van der Waals surface area contributed by atoms with Crippen molar-refractivity contribution in [3.8, 4) is 5.75 Å². The SMILES string of the molecule is COc1cccc(C[NH+]2CC[NH+](C[C@H]3C[C@H]4C=C[C@H]3C4)CC2)c1. The molecule has 0 radical (unpaired) electrons. The minimum atomic E-state index is 0.912. The first kappa shape index (κ1) is 15.2. The van der Waals surface area contributed by atoms with Crippen molar-refractivity contribution in [2.75, 3.05) is 39.8 Å². The van der Waals surface area contributed by atoms with Crippen LogP contribution in [0.25, 0.3) is 0 Å². The number of hydrogen-bond donors (Lipinski definition) is 2. The Morgan fingerprint density at radius 3 is 2.57 bits per heavy atom. The Balaban J connectivity index is 1.25. The van der Waals surface area contributed by atoms with Gasteiger partial charge in [-0.2, -0.15) is 0 Å². The zero-order valence-electron chi connectivity index (χ0n) is 14.3. The molecule has 3 aliphatic rings. The molecule has 2 N–H and O–H groups in total. The highest BCUT2D eigenvalue weighted by Gasteiger charge is 2.38. The van der Waals surface area contributed by atoms with Crippen LogP contribution in [0.15, 0.2) is 36.4 Å². The van der Waals surface area contributed by atoms with E-state index in [4.69, 9.17) is 4.74 Å². The number of methoxy groups -OCH3 is 1. The molecule has 1 aromatic rings. The lowest BCUT2D eigenvalue weighted by molar-refractivity contribution is -1.02. The van der Waals surface area contributed by atoms with Crippen LogP contribution in [0.1, 0.15) is 18.4 Å². The number of ether oxygens (including phenoxy) is 1. The summed E-state index contributed by atoms with van der Waals surface area (Å²) >= 11 is 0. The summed E-state index contributed by atoms with van der Waals surface area (Å²) in [5.74, 6) is 3.79. The van der Waals surface area contributed by atoms with Crippen LogP contribution in [-0.2, 0) is 6.54 Å². The lowest BCUT2D eigenvalue weighted by Gasteiger charge is -2.32. The van der Waals surface area contributed by atoms with Gasteiger partial charge in [-0.3, -0.25) is 0 Å². The van der Waals surface area contributed by atoms with Crippen molar-refractivity contribution in [2.24, 2.45) is 17.8 Å². The molecular weight excluding hydrogens is 284 g/mol. The second kappa shape index (κ2) is 6.66. The molecule has 0 aromatic heterocycles. The molecule has 3 heteroatoms. The Morgan fingerprint density at radius 2 is 1.87 bits per heavy atom. The van der Waals surface area contributed by atoms with Crippen LogP contribution in [-0.4, -0.2) is 39.8 Å². The maximum Gasteiger partial charge on any atom is 0.127 e. The summed E-state index contributed by atoms with van der Waals surface area (Å²) in [4.78, 5) is 3.58. The maximum absolute atomic E-state index is 5.34. The fraction of sp³-hybridized carbons (Fsp3) is 0.600. The van der Waals surface area contributed by atoms with Gasteiger partial charge in [-0.1, -0.05) is 24.3 Å². The minimum Gasteiger partial charge on any atom is -0.497 e. The van der Waals surface area contributed by atoms with E-state index in [0.29, 0.717) is 0 Å². The summed E-state index contributed by atoms with van der Waals surface area (Å²) in [6, 6.07) is 8.56. The van der Waals surface area contributed by atoms with Crippen LogP contribution in [0.4, 0.5) is 0 Å². The number of rotatable bonds is 5. The molecule has 3 nitrogen and oxygen atoms in total. The zero-order chi connectivity index (χ0) is 15.6. The molecule has 0 unspecified atom stereocenters. The minimum absolute atomic E-state index is 0.912. The van der Waals surface area contributed by atoms with Gasteiger partial charge in [0.15, 0.2) is 0 Å². The van der Waals surface area contributed by atoms with Gasteiger partial charge in [-0.05, 0) is 36.8 Å². The number of hydrogen-bond acceptors (Lipinski definition) is 1. The second-order valence-electron chi connectivity index (χ2n) is 7.77. The van der Waals surface area contributed by atoms with E-state index in [0.717, 1.165) is 30.0 Å². The van der Waals surface area contributed by atoms with Gasteiger partial charge in [-0.25, -0.2) is 0 Å². The first-order valence-corrected chi connectivity index (χ1v) is 9.28. The van der Waals surface area contributed by atoms with Gasteiger partial charge in [0, 0.05) is 11.5 Å². The van der Waals surface area contributed by atoms with E-state index in [9.17, 15) is 0 Å². The molecule has 1 saturated heterocycles. The predicted molar refractivity (Wildman–Crippen MR) is 91.8 cm³/mol. The third-order valence-electron chi connectivity index (χ3n) is 6.22. The smallest absolute Gasteiger partial charge is 0.127 e. The number of benzene rings is 1. The second-order valence-corrected chi connectivity index (χ2v) is 7.77. The summed E-state index contributed by atoms with van der Waals surface area (Å²) < 4.78 is 5.34. The van der Waals surface area contributed by atoms with Crippen molar-refractivity contribution >= 4 is 0 Å². The summed E-state index contributed by atoms with van der Waals surface area (Å²) in [5, 5.41) is 0. The Kier molecular flexibility index (Phi) is 4.41. The van der Waals surface area contributed by atoms with Crippen molar-refractivity contribution in [3.05, 3.63) is 42.0 Å². The molecule has 1 aliphatic heterocycles. The Labute approximate surface area is 139 Å². The largest absolute Gasteiger partial charge is 0.497 e. The number of nitrogens with one attached hydrogen (secondary N) is 2. The molecule has 23 heavy (non-hydrogen) atoms. The fourth-order valence-electron chi connectivity index (χ4n) is 4.91. The van der Waals surface area contributed by atoms with Gasteiger partial charge in [0.1, 0.15) is 38.5 Å². The van der Waals surface area contributed by atoms with Crippen molar-refractivity contribution in [3.63, 3.8) is 0 Å². The molecule has 3 atom stereocenters. The average molecular weight is 314 g/mol. The van der Waals surface area contributed by atoms with Crippen LogP contribution in [0.5, 0.6) is 5.75 Å². The molecule has 2 bridgehead atoms. The monoisotopic (exact) mass is 314 g/mol. The van der Waals surface area contributed by atoms with Crippen molar-refractivity contribution < 1.29 is 14.5 Å². The van der Waals surface area contributed by atoms with Gasteiger partial charge in [0.25, 0.3) is 0 Å². The number of quaternary nitrogens is 2. The first-order valence-electron chi connectivity index (χ1n) is 9.28. The molecule has 1 heterocycles. The van der Waals surface area contributed by atoms with E-state index in [-0.39, 0.29) is 0 Å². The Bertz CT molecular complexity index is 563. The lowest BCUT2D eigenvalue weighted by Crippen LogP contribution is -3.27. The number of piperazine rings is 1. The third-order valence-corrected chi connectivity index (χ3v) is 6.22. The van der Waals surface area contributed by atoms with Gasteiger partial charge in [0.2, 0.25) is 0 Å². The fourth-order valence-corrected chi connectivity index (χ4v) is 4.91. The maximum atomic E-state index is 5.34. The average Bonchev–Trinajstić information content (AvgIpc) is 3.20. The highest BCUT2D eigenvalue weighted by Crippen LogP contribution is 2.42. The lowest BCUT2D eigenvalue weighted by atomic mass is 9.93. The van der Waals surface area contributed by atoms with E-state index >= 15 is 0 Å². The molecule has 1 aromatic carbocycles. The number of allylic oxidation sites excluding steroid dienone is 2. The topological polar surface area (TPSA) is 18.1 Å². The van der Waals surface area contributed by atoms with E-state index < -0.39 is 0 Å². The van der Waals surface area contributed by atoms with E-state index in [1.165, 1.54) is 51.1 Å². The van der Waals surface area contributed by atoms with E-state index in [2.05, 4.69) is 30.4 Å². The molecule has 2 fully saturated rings. The number of fused-ring (bicyclic) bond motifs is 2. The standard InChI is InChI=1S/C20H28N2O/c1-23-20-4-2-3-17(13-20)14-21-7-9-22(10-8-21)15-19-12-16-5-6-18(19)11-16/h2-6,13,16,18-19H,7-12,14-15H2,1H3/p+2/t16-,18-,19+/m0/s1. The van der Waals surface area contributed by atoms with Crippen LogP contribution in [0.2, 0.25) is 0 Å². The third kappa shape index (κ3) is 3.46. The van der Waals surface area contributed by atoms with Crippen molar-refractivity contribution in [1.82, 2.24) is 0 Å². The molecular formula is C20H30N2O+2. The molecule has 4 rings (SSSR count). The van der Waals surface area contributed by atoms with Crippen molar-refractivity contribution in [1.29, 1.82) is 0 Å². The summed E-state index contributed by atoms with van der Waals surface area (Å²) in [6.45, 7) is 7.86. The zero-order valence-corrected chi connectivity index (χ0v) is 14.3. The normalized spacial score (nSPS) is 35.6.